The number of piperidine rings is 1. The lowest BCUT2D eigenvalue weighted by Gasteiger charge is -2.21. The smallest absolute Gasteiger partial charge is 0.335 e. The van der Waals surface area contributed by atoms with Gasteiger partial charge < -0.3 is 19.5 Å². The Bertz CT molecular complexity index is 1360. The van der Waals surface area contributed by atoms with Crippen LogP contribution in [0.2, 0.25) is 0 Å². The van der Waals surface area contributed by atoms with Gasteiger partial charge in [-0.3, -0.25) is 4.90 Å². The number of hydrogen-bond donors (Lipinski definition) is 1. The van der Waals surface area contributed by atoms with Crippen LogP contribution >= 0.6 is 0 Å². The number of nitrogens with zero attached hydrogens (tertiary/aromatic N) is 1. The van der Waals surface area contributed by atoms with Crippen molar-refractivity contribution in [2.75, 3.05) is 44.8 Å². The van der Waals surface area contributed by atoms with Crippen LogP contribution in [-0.4, -0.2) is 56.4 Å². The van der Waals surface area contributed by atoms with Crippen molar-refractivity contribution in [2.24, 2.45) is 11.8 Å². The molecule has 6 nitrogen and oxygen atoms in total. The largest absolute Gasteiger partial charge is 0.492 e. The van der Waals surface area contributed by atoms with Gasteiger partial charge in [0.25, 0.3) is 0 Å². The number of carbonyl (C=O) groups excluding carboxylic acids is 1. The number of esters is 1. The Balaban J connectivity index is 1.08. The first-order valence-corrected chi connectivity index (χ1v) is 14.6. The molecule has 0 aromatic heterocycles. The predicted molar refractivity (Wildman–Crippen MR) is 154 cm³/mol. The lowest BCUT2D eigenvalue weighted by molar-refractivity contribution is -0.156. The second-order valence-electron chi connectivity index (χ2n) is 10.8. The van der Waals surface area contributed by atoms with E-state index in [1.165, 1.54) is 5.56 Å². The summed E-state index contributed by atoms with van der Waals surface area (Å²) in [6.07, 6.45) is -0.184. The minimum absolute atomic E-state index is 0.190. The highest BCUT2D eigenvalue weighted by Gasteiger charge is 2.56. The zero-order chi connectivity index (χ0) is 29.6. The van der Waals surface area contributed by atoms with Gasteiger partial charge >= 0.3 is 5.97 Å². The van der Waals surface area contributed by atoms with Gasteiger partial charge in [-0.25, -0.2) is 18.0 Å². The maximum atomic E-state index is 14.1. The van der Waals surface area contributed by atoms with Crippen LogP contribution in [0.3, 0.4) is 0 Å². The number of benzene rings is 3. The average molecular weight is 583 g/mol. The molecule has 224 valence electrons. The van der Waals surface area contributed by atoms with Crippen molar-refractivity contribution in [2.45, 2.75) is 38.8 Å². The lowest BCUT2D eigenvalue weighted by atomic mass is 10.0. The summed E-state index contributed by atoms with van der Waals surface area (Å²) in [7, 11) is 0. The molecule has 2 fully saturated rings. The summed E-state index contributed by atoms with van der Waals surface area (Å²) >= 11 is 0. The molecule has 3 aromatic rings. The maximum Gasteiger partial charge on any atom is 0.335 e. The number of halogens is 3. The average Bonchev–Trinajstić information content (AvgIpc) is 3.48. The van der Waals surface area contributed by atoms with E-state index >= 15 is 0 Å². The Morgan fingerprint density at radius 2 is 1.67 bits per heavy atom. The molecule has 4 atom stereocenters. The highest BCUT2D eigenvalue weighted by atomic mass is 19.2. The minimum atomic E-state index is -1.16. The minimum Gasteiger partial charge on any atom is -0.492 e. The number of hydrogen-bond acceptors (Lipinski definition) is 6. The second kappa shape index (κ2) is 13.6. The van der Waals surface area contributed by atoms with E-state index in [0.29, 0.717) is 56.6 Å². The molecule has 0 spiro atoms. The molecule has 9 heteroatoms. The first-order valence-electron chi connectivity index (χ1n) is 14.6. The van der Waals surface area contributed by atoms with Gasteiger partial charge in [0, 0.05) is 56.5 Å². The van der Waals surface area contributed by atoms with Crippen molar-refractivity contribution in [3.63, 3.8) is 0 Å². The number of likely N-dealkylation sites (tertiary alicyclic amines) is 1. The van der Waals surface area contributed by atoms with Crippen LogP contribution in [0.1, 0.15) is 36.5 Å². The normalized spacial score (nSPS) is 20.2. The maximum absolute atomic E-state index is 14.1. The van der Waals surface area contributed by atoms with E-state index in [-0.39, 0.29) is 18.1 Å². The van der Waals surface area contributed by atoms with Gasteiger partial charge in [0.15, 0.2) is 17.7 Å². The summed E-state index contributed by atoms with van der Waals surface area (Å²) in [4.78, 5) is 14.2. The van der Waals surface area contributed by atoms with Gasteiger partial charge in [-0.1, -0.05) is 30.3 Å². The number of nitrogens with one attached hydrogen (secondary N) is 1. The Labute approximate surface area is 244 Å². The van der Waals surface area contributed by atoms with Crippen molar-refractivity contribution in [1.82, 2.24) is 4.90 Å². The van der Waals surface area contributed by atoms with Crippen molar-refractivity contribution in [3.05, 3.63) is 94.8 Å². The topological polar surface area (TPSA) is 60.0 Å². The first-order chi connectivity index (χ1) is 20.4. The highest BCUT2D eigenvalue weighted by molar-refractivity contribution is 5.75. The monoisotopic (exact) mass is 582 g/mol. The molecule has 1 aliphatic carbocycles. The summed E-state index contributed by atoms with van der Waals surface area (Å²) in [5.74, 6) is -1.15. The van der Waals surface area contributed by atoms with Crippen LogP contribution < -0.4 is 10.1 Å². The van der Waals surface area contributed by atoms with Crippen molar-refractivity contribution in [1.29, 1.82) is 0 Å². The molecule has 0 radical (unpaired) electrons. The molecule has 0 amide bonds. The fourth-order valence-corrected chi connectivity index (χ4v) is 6.02. The Kier molecular flexibility index (Phi) is 9.69. The van der Waals surface area contributed by atoms with Crippen LogP contribution in [0.4, 0.5) is 18.9 Å². The number of carbonyl (C=O) groups is 1. The van der Waals surface area contributed by atoms with Gasteiger partial charge in [0.1, 0.15) is 18.2 Å². The fraction of sp³-hybridized carbons (Fsp3) is 0.424. The van der Waals surface area contributed by atoms with E-state index in [9.17, 15) is 18.0 Å². The molecule has 1 N–H and O–H groups in total. The SMILES string of the molecule is CCOC(=O)[C@H](Cc1ccc(OCCNc2ccccc2C2C3CN(Cc4cc(F)c(F)cc4F)C[C@H]32)cc1)OCC. The zero-order valence-corrected chi connectivity index (χ0v) is 24.0. The number of ether oxygens (including phenoxy) is 3. The molecule has 42 heavy (non-hydrogen) atoms. The number of anilines is 1. The molecule has 2 aliphatic rings. The third-order valence-corrected chi connectivity index (χ3v) is 8.02. The quantitative estimate of drug-likeness (QED) is 0.144. The van der Waals surface area contributed by atoms with E-state index in [2.05, 4.69) is 22.3 Å². The van der Waals surface area contributed by atoms with Crippen LogP contribution in [0.15, 0.2) is 60.7 Å². The fourth-order valence-electron chi connectivity index (χ4n) is 6.02. The molecular weight excluding hydrogens is 545 g/mol. The summed E-state index contributed by atoms with van der Waals surface area (Å²) in [6.45, 7) is 7.35. The van der Waals surface area contributed by atoms with E-state index in [4.69, 9.17) is 14.2 Å². The standard InChI is InChI=1S/C33H37F3N2O4/c1-3-40-31(33(39)41-4-2)15-21-9-11-23(12-10-21)42-14-13-37-30-8-6-5-7-24(30)32-25-19-38(20-26(25)32)18-22-16-28(35)29(36)17-27(22)34/h5-12,16-17,25-26,31-32,37H,3-4,13-15,18-20H2,1-2H3/t25-,26?,31+,32?/m1/s1. The van der Waals surface area contributed by atoms with Gasteiger partial charge in [-0.15, -0.1) is 0 Å². The van der Waals surface area contributed by atoms with Crippen LogP contribution in [-0.2, 0) is 27.2 Å². The van der Waals surface area contributed by atoms with Crippen molar-refractivity contribution >= 4 is 11.7 Å². The van der Waals surface area contributed by atoms with Crippen LogP contribution in [0.5, 0.6) is 5.75 Å². The second-order valence-corrected chi connectivity index (χ2v) is 10.8. The summed E-state index contributed by atoms with van der Waals surface area (Å²) in [5.41, 5.74) is 3.50. The molecule has 3 aromatic carbocycles. The van der Waals surface area contributed by atoms with E-state index < -0.39 is 23.6 Å². The molecule has 1 heterocycles. The van der Waals surface area contributed by atoms with E-state index in [1.54, 1.807) is 6.92 Å². The molecule has 1 aliphatic heterocycles. The molecule has 5 rings (SSSR count). The van der Waals surface area contributed by atoms with Gasteiger partial charge in [-0.2, -0.15) is 0 Å². The molecule has 2 unspecified atom stereocenters. The van der Waals surface area contributed by atoms with Gasteiger partial charge in [0.05, 0.1) is 6.61 Å². The number of para-hydroxylation sites is 1. The third-order valence-electron chi connectivity index (χ3n) is 8.02. The van der Waals surface area contributed by atoms with Crippen LogP contribution in [0.25, 0.3) is 0 Å². The summed E-state index contributed by atoms with van der Waals surface area (Å²) in [6, 6.07) is 17.5. The molecule has 0 bridgehead atoms. The molecule has 1 saturated heterocycles. The van der Waals surface area contributed by atoms with E-state index in [1.807, 2.05) is 43.3 Å². The van der Waals surface area contributed by atoms with Crippen molar-refractivity contribution < 1.29 is 32.2 Å². The molecule has 1 saturated carbocycles. The Hall–Kier alpha value is -3.56. The zero-order valence-electron chi connectivity index (χ0n) is 24.0. The predicted octanol–water partition coefficient (Wildman–Crippen LogP) is 5.95. The van der Waals surface area contributed by atoms with Gasteiger partial charge in [-0.05, 0) is 67.0 Å². The third kappa shape index (κ3) is 7.07. The summed E-state index contributed by atoms with van der Waals surface area (Å²) < 4.78 is 57.6. The van der Waals surface area contributed by atoms with Crippen molar-refractivity contribution in [3.8, 4) is 5.75 Å². The number of fused-ring (bicyclic) bond motifs is 1. The highest BCUT2D eigenvalue weighted by Crippen LogP contribution is 2.59. The van der Waals surface area contributed by atoms with E-state index in [0.717, 1.165) is 36.2 Å². The lowest BCUT2D eigenvalue weighted by Crippen LogP contribution is -2.28. The summed E-state index contributed by atoms with van der Waals surface area (Å²) in [5, 5.41) is 3.51. The van der Waals surface area contributed by atoms with Crippen LogP contribution in [0, 0.1) is 29.3 Å². The molecular formula is C33H37F3N2O4. The Morgan fingerprint density at radius 1 is 0.952 bits per heavy atom. The van der Waals surface area contributed by atoms with Gasteiger partial charge in [0.2, 0.25) is 0 Å². The number of rotatable bonds is 14. The first kappa shape index (κ1) is 29.9. The Morgan fingerprint density at radius 3 is 2.38 bits per heavy atom.